The summed E-state index contributed by atoms with van der Waals surface area (Å²) in [4.78, 5) is 2.09. The van der Waals surface area contributed by atoms with Gasteiger partial charge in [0.15, 0.2) is 0 Å². The Morgan fingerprint density at radius 2 is 2.25 bits per heavy atom. The average molecular weight is 184 g/mol. The fourth-order valence-electron chi connectivity index (χ4n) is 1.22. The third-order valence-corrected chi connectivity index (χ3v) is 2.13. The van der Waals surface area contributed by atoms with E-state index in [1.165, 1.54) is 5.57 Å². The van der Waals surface area contributed by atoms with E-state index in [9.17, 15) is 0 Å². The molecule has 0 saturated carbocycles. The van der Waals surface area contributed by atoms with E-state index in [1.54, 1.807) is 0 Å². The van der Waals surface area contributed by atoms with Crippen LogP contribution in [0.1, 0.15) is 20.3 Å². The first-order valence-electron chi connectivity index (χ1n) is 4.16. The van der Waals surface area contributed by atoms with Crippen LogP contribution in [-0.4, -0.2) is 11.4 Å². The second-order valence-corrected chi connectivity index (χ2v) is 3.41. The molecule has 1 heterocycles. The average Bonchev–Trinajstić information content (AvgIpc) is 2.00. The first kappa shape index (κ1) is 9.40. The van der Waals surface area contributed by atoms with Crippen LogP contribution in [0.15, 0.2) is 35.2 Å². The van der Waals surface area contributed by atoms with E-state index in [2.05, 4.69) is 24.6 Å². The number of nitrogens with zero attached hydrogens (tertiary/aromatic N) is 1. The molecule has 1 aliphatic heterocycles. The monoisotopic (exact) mass is 183 g/mol. The van der Waals surface area contributed by atoms with E-state index in [1.807, 2.05) is 13.0 Å². The maximum atomic E-state index is 5.97. The van der Waals surface area contributed by atoms with Crippen molar-refractivity contribution in [3.05, 3.63) is 35.2 Å². The molecule has 0 N–H and O–H groups in total. The number of allylic oxidation sites excluding steroid dienone is 3. The minimum atomic E-state index is 0.753. The van der Waals surface area contributed by atoms with Crippen molar-refractivity contribution < 1.29 is 0 Å². The molecule has 0 fully saturated rings. The molecular formula is C10H14ClN. The van der Waals surface area contributed by atoms with E-state index in [0.29, 0.717) is 0 Å². The van der Waals surface area contributed by atoms with Gasteiger partial charge in [0, 0.05) is 12.7 Å². The quantitative estimate of drug-likeness (QED) is 0.636. The molecule has 0 aromatic rings. The molecule has 0 bridgehead atoms. The Morgan fingerprint density at radius 3 is 2.83 bits per heavy atom. The predicted octanol–water partition coefficient (Wildman–Crippen LogP) is 3.25. The Morgan fingerprint density at radius 1 is 1.58 bits per heavy atom. The minimum Gasteiger partial charge on any atom is -0.347 e. The molecule has 12 heavy (non-hydrogen) atoms. The van der Waals surface area contributed by atoms with Crippen molar-refractivity contribution in [1.82, 2.24) is 4.90 Å². The number of hydrogen-bond donors (Lipinski definition) is 0. The fraction of sp³-hybridized carbons (Fsp3) is 0.400. The molecule has 1 nitrogen and oxygen atoms in total. The summed E-state index contributed by atoms with van der Waals surface area (Å²) in [6.07, 6.45) is 5.13. The van der Waals surface area contributed by atoms with E-state index < -0.39 is 0 Å². The van der Waals surface area contributed by atoms with Crippen molar-refractivity contribution in [2.45, 2.75) is 20.3 Å². The second-order valence-electron chi connectivity index (χ2n) is 3.01. The van der Waals surface area contributed by atoms with Gasteiger partial charge in [0.1, 0.15) is 0 Å². The highest BCUT2D eigenvalue weighted by Crippen LogP contribution is 2.25. The number of halogens is 1. The van der Waals surface area contributed by atoms with Crippen molar-refractivity contribution in [2.75, 3.05) is 6.54 Å². The largest absolute Gasteiger partial charge is 0.347 e. The van der Waals surface area contributed by atoms with Crippen LogP contribution in [-0.2, 0) is 0 Å². The Hall–Kier alpha value is -0.690. The van der Waals surface area contributed by atoms with E-state index in [4.69, 9.17) is 11.6 Å². The first-order valence-corrected chi connectivity index (χ1v) is 4.54. The Kier molecular flexibility index (Phi) is 2.99. The Bertz CT molecular complexity index is 251. The van der Waals surface area contributed by atoms with Gasteiger partial charge in [-0.3, -0.25) is 0 Å². The van der Waals surface area contributed by atoms with Crippen LogP contribution in [0.5, 0.6) is 0 Å². The summed E-state index contributed by atoms with van der Waals surface area (Å²) < 4.78 is 0. The molecule has 0 spiro atoms. The van der Waals surface area contributed by atoms with Crippen molar-refractivity contribution >= 4 is 11.6 Å². The van der Waals surface area contributed by atoms with E-state index in [-0.39, 0.29) is 0 Å². The second kappa shape index (κ2) is 3.81. The first-order chi connectivity index (χ1) is 5.65. The standard InChI is InChI=1S/C10H14ClN/c1-4-5-12-7-8(2)6-10(11)9(12)3/h6-7H,3-5H2,1-2H3. The van der Waals surface area contributed by atoms with Crippen LogP contribution < -0.4 is 0 Å². The van der Waals surface area contributed by atoms with Crippen molar-refractivity contribution in [3.8, 4) is 0 Å². The maximum Gasteiger partial charge on any atom is 0.0639 e. The lowest BCUT2D eigenvalue weighted by molar-refractivity contribution is 0.468. The maximum absolute atomic E-state index is 5.97. The molecule has 0 unspecified atom stereocenters. The molecule has 0 saturated heterocycles. The van der Waals surface area contributed by atoms with Gasteiger partial charge in [-0.2, -0.15) is 0 Å². The van der Waals surface area contributed by atoms with Crippen LogP contribution in [0.4, 0.5) is 0 Å². The van der Waals surface area contributed by atoms with Gasteiger partial charge in [-0.25, -0.2) is 0 Å². The summed E-state index contributed by atoms with van der Waals surface area (Å²) in [7, 11) is 0. The topological polar surface area (TPSA) is 3.24 Å². The molecule has 1 rings (SSSR count). The van der Waals surface area contributed by atoms with Crippen molar-refractivity contribution in [2.24, 2.45) is 0 Å². The number of rotatable bonds is 2. The van der Waals surface area contributed by atoms with E-state index >= 15 is 0 Å². The van der Waals surface area contributed by atoms with Gasteiger partial charge in [0.2, 0.25) is 0 Å². The molecule has 0 aliphatic carbocycles. The van der Waals surface area contributed by atoms with Gasteiger partial charge in [-0.1, -0.05) is 25.1 Å². The lowest BCUT2D eigenvalue weighted by Crippen LogP contribution is -2.19. The Labute approximate surface area is 79.0 Å². The summed E-state index contributed by atoms with van der Waals surface area (Å²) in [5, 5.41) is 0.753. The Balaban J connectivity index is 2.79. The molecule has 0 radical (unpaired) electrons. The van der Waals surface area contributed by atoms with Gasteiger partial charge in [-0.15, -0.1) is 0 Å². The predicted molar refractivity (Wildman–Crippen MR) is 53.8 cm³/mol. The normalized spacial score (nSPS) is 17.6. The van der Waals surface area contributed by atoms with Crippen LogP contribution in [0.25, 0.3) is 0 Å². The van der Waals surface area contributed by atoms with E-state index in [0.717, 1.165) is 23.7 Å². The van der Waals surface area contributed by atoms with Gasteiger partial charge in [-0.05, 0) is 25.0 Å². The lowest BCUT2D eigenvalue weighted by atomic mass is 10.2. The van der Waals surface area contributed by atoms with Crippen LogP contribution in [0.3, 0.4) is 0 Å². The van der Waals surface area contributed by atoms with Crippen molar-refractivity contribution in [3.63, 3.8) is 0 Å². The molecule has 1 aliphatic rings. The fourth-order valence-corrected chi connectivity index (χ4v) is 1.50. The van der Waals surface area contributed by atoms with Crippen LogP contribution >= 0.6 is 11.6 Å². The summed E-state index contributed by atoms with van der Waals surface area (Å²) in [6.45, 7) is 9.08. The van der Waals surface area contributed by atoms with Gasteiger partial charge in [0.25, 0.3) is 0 Å². The lowest BCUT2D eigenvalue weighted by Gasteiger charge is -2.25. The summed E-state index contributed by atoms with van der Waals surface area (Å²) >= 11 is 5.97. The zero-order chi connectivity index (χ0) is 9.14. The minimum absolute atomic E-state index is 0.753. The third kappa shape index (κ3) is 1.92. The molecule has 0 atom stereocenters. The van der Waals surface area contributed by atoms with Gasteiger partial charge >= 0.3 is 0 Å². The smallest absolute Gasteiger partial charge is 0.0639 e. The zero-order valence-electron chi connectivity index (χ0n) is 7.60. The highest BCUT2D eigenvalue weighted by Gasteiger charge is 2.11. The zero-order valence-corrected chi connectivity index (χ0v) is 8.36. The summed E-state index contributed by atoms with van der Waals surface area (Å²) in [6, 6.07) is 0. The molecule has 66 valence electrons. The van der Waals surface area contributed by atoms with Crippen molar-refractivity contribution in [1.29, 1.82) is 0 Å². The SMILES string of the molecule is C=C1C(Cl)=CC(C)=CN1CCC. The highest BCUT2D eigenvalue weighted by atomic mass is 35.5. The van der Waals surface area contributed by atoms with Gasteiger partial charge < -0.3 is 4.90 Å². The number of hydrogen-bond acceptors (Lipinski definition) is 1. The molecular weight excluding hydrogens is 170 g/mol. The van der Waals surface area contributed by atoms with Crippen LogP contribution in [0, 0.1) is 0 Å². The molecule has 0 aromatic heterocycles. The summed E-state index contributed by atoms with van der Waals surface area (Å²) in [5.41, 5.74) is 2.09. The molecule has 0 amide bonds. The van der Waals surface area contributed by atoms with Crippen LogP contribution in [0.2, 0.25) is 0 Å². The molecule has 0 aromatic carbocycles. The molecule has 2 heteroatoms. The van der Waals surface area contributed by atoms with Gasteiger partial charge in [0.05, 0.1) is 10.7 Å². The summed E-state index contributed by atoms with van der Waals surface area (Å²) in [5.74, 6) is 0. The third-order valence-electron chi connectivity index (χ3n) is 1.80. The highest BCUT2D eigenvalue weighted by molar-refractivity contribution is 6.32.